The van der Waals surface area contributed by atoms with E-state index in [0.717, 1.165) is 0 Å². The van der Waals surface area contributed by atoms with E-state index in [1.807, 2.05) is 0 Å². The van der Waals surface area contributed by atoms with Crippen molar-refractivity contribution < 1.29 is 4.79 Å². The molecule has 3 N–H and O–H groups in total. The van der Waals surface area contributed by atoms with E-state index in [0.29, 0.717) is 35.1 Å². The molecule has 0 unspecified atom stereocenters. The Kier molecular flexibility index (Phi) is 4.01. The smallest absolute Gasteiger partial charge is 0.251 e. The highest BCUT2D eigenvalue weighted by Gasteiger charge is 2.07. The lowest BCUT2D eigenvalue weighted by atomic mass is 10.2. The second-order valence-electron chi connectivity index (χ2n) is 4.08. The summed E-state index contributed by atoms with van der Waals surface area (Å²) in [6.07, 6.45) is 2.20. The molecule has 0 spiro atoms. The van der Waals surface area contributed by atoms with Gasteiger partial charge in [-0.25, -0.2) is 4.98 Å². The Balaban J connectivity index is 1.89. The summed E-state index contributed by atoms with van der Waals surface area (Å²) in [5.41, 5.74) is 6.52. The Morgan fingerprint density at radius 2 is 2.32 bits per heavy atom. The van der Waals surface area contributed by atoms with Crippen molar-refractivity contribution in [2.24, 2.45) is 7.05 Å². The number of nitrogen functional groups attached to an aromatic ring is 1. The van der Waals surface area contributed by atoms with E-state index in [4.69, 9.17) is 17.3 Å². The minimum atomic E-state index is -0.195. The van der Waals surface area contributed by atoms with Gasteiger partial charge in [-0.3, -0.25) is 9.48 Å². The van der Waals surface area contributed by atoms with Gasteiger partial charge in [-0.15, -0.1) is 0 Å². The molecular weight excluding hydrogens is 266 g/mol. The summed E-state index contributed by atoms with van der Waals surface area (Å²) >= 11 is 5.80. The minimum Gasteiger partial charge on any atom is -0.398 e. The molecule has 1 aromatic heterocycles. The fourth-order valence-electron chi connectivity index (χ4n) is 1.57. The van der Waals surface area contributed by atoms with E-state index in [-0.39, 0.29) is 5.91 Å². The first-order valence-electron chi connectivity index (χ1n) is 5.74. The number of carbonyl (C=O) groups is 1. The third-order valence-electron chi connectivity index (χ3n) is 2.54. The molecule has 2 aromatic rings. The molecule has 0 saturated carbocycles. The van der Waals surface area contributed by atoms with Crippen LogP contribution < -0.4 is 11.1 Å². The van der Waals surface area contributed by atoms with Crippen LogP contribution in [0.25, 0.3) is 0 Å². The number of carbonyl (C=O) groups excluding carboxylic acids is 1. The van der Waals surface area contributed by atoms with Gasteiger partial charge >= 0.3 is 0 Å². The fourth-order valence-corrected chi connectivity index (χ4v) is 1.69. The molecule has 0 saturated heterocycles. The predicted molar refractivity (Wildman–Crippen MR) is 72.9 cm³/mol. The molecule has 6 nitrogen and oxygen atoms in total. The van der Waals surface area contributed by atoms with Gasteiger partial charge in [0.15, 0.2) is 5.82 Å². The Morgan fingerprint density at radius 3 is 2.95 bits per heavy atom. The average Bonchev–Trinajstić information content (AvgIpc) is 2.78. The van der Waals surface area contributed by atoms with Crippen molar-refractivity contribution in [3.05, 3.63) is 40.9 Å². The van der Waals surface area contributed by atoms with E-state index in [2.05, 4.69) is 15.4 Å². The predicted octanol–water partition coefficient (Wildman–Crippen LogP) is 1.02. The van der Waals surface area contributed by atoms with Gasteiger partial charge in [-0.05, 0) is 18.2 Å². The Labute approximate surface area is 115 Å². The average molecular weight is 280 g/mol. The van der Waals surface area contributed by atoms with Crippen LogP contribution in [-0.2, 0) is 13.5 Å². The minimum absolute atomic E-state index is 0.195. The van der Waals surface area contributed by atoms with E-state index in [1.165, 1.54) is 0 Å². The van der Waals surface area contributed by atoms with Crippen molar-refractivity contribution >= 4 is 23.2 Å². The zero-order chi connectivity index (χ0) is 13.8. The molecule has 19 heavy (non-hydrogen) atoms. The summed E-state index contributed by atoms with van der Waals surface area (Å²) < 4.78 is 1.62. The molecule has 100 valence electrons. The number of anilines is 1. The van der Waals surface area contributed by atoms with Gasteiger partial charge in [-0.1, -0.05) is 11.6 Å². The van der Waals surface area contributed by atoms with Crippen molar-refractivity contribution in [2.75, 3.05) is 12.3 Å². The quantitative estimate of drug-likeness (QED) is 0.818. The highest BCUT2D eigenvalue weighted by molar-refractivity contribution is 6.33. The van der Waals surface area contributed by atoms with Gasteiger partial charge in [0.25, 0.3) is 5.91 Å². The molecule has 0 radical (unpaired) electrons. The van der Waals surface area contributed by atoms with Gasteiger partial charge in [0.05, 0.1) is 10.7 Å². The van der Waals surface area contributed by atoms with Crippen molar-refractivity contribution in [3.63, 3.8) is 0 Å². The molecule has 1 heterocycles. The maximum absolute atomic E-state index is 11.8. The Hall–Kier alpha value is -2.08. The number of hydrogen-bond donors (Lipinski definition) is 2. The van der Waals surface area contributed by atoms with Crippen LogP contribution in [0.4, 0.5) is 5.69 Å². The van der Waals surface area contributed by atoms with Gasteiger partial charge in [0, 0.05) is 25.6 Å². The molecule has 2 rings (SSSR count). The van der Waals surface area contributed by atoms with Crippen molar-refractivity contribution in [3.8, 4) is 0 Å². The molecule has 0 fully saturated rings. The summed E-state index contributed by atoms with van der Waals surface area (Å²) in [4.78, 5) is 15.9. The lowest BCUT2D eigenvalue weighted by Crippen LogP contribution is -2.26. The molecular formula is C12H14ClN5O. The topological polar surface area (TPSA) is 85.8 Å². The van der Waals surface area contributed by atoms with Crippen LogP contribution in [0, 0.1) is 0 Å². The standard InChI is InChI=1S/C12H14ClN5O/c1-18-7-16-11(17-18)4-5-15-12(19)8-2-3-9(13)10(14)6-8/h2-3,6-7H,4-5,14H2,1H3,(H,15,19). The van der Waals surface area contributed by atoms with Crippen LogP contribution in [0.2, 0.25) is 5.02 Å². The van der Waals surface area contributed by atoms with E-state index < -0.39 is 0 Å². The Bertz CT molecular complexity index is 596. The maximum atomic E-state index is 11.8. The van der Waals surface area contributed by atoms with E-state index >= 15 is 0 Å². The molecule has 0 aliphatic heterocycles. The number of aromatic nitrogens is 3. The summed E-state index contributed by atoms with van der Waals surface area (Å²) in [5, 5.41) is 7.34. The zero-order valence-electron chi connectivity index (χ0n) is 10.4. The molecule has 0 bridgehead atoms. The first kappa shape index (κ1) is 13.4. The number of nitrogens with zero attached hydrogens (tertiary/aromatic N) is 3. The van der Waals surface area contributed by atoms with Crippen molar-refractivity contribution in [1.29, 1.82) is 0 Å². The largest absolute Gasteiger partial charge is 0.398 e. The van der Waals surface area contributed by atoms with Gasteiger partial charge in [-0.2, -0.15) is 5.10 Å². The highest BCUT2D eigenvalue weighted by atomic mass is 35.5. The summed E-state index contributed by atoms with van der Waals surface area (Å²) in [6.45, 7) is 0.464. The maximum Gasteiger partial charge on any atom is 0.251 e. The van der Waals surface area contributed by atoms with E-state index in [9.17, 15) is 4.79 Å². The third kappa shape index (κ3) is 3.45. The fraction of sp³-hybridized carbons (Fsp3) is 0.250. The van der Waals surface area contributed by atoms with Gasteiger partial charge in [0.1, 0.15) is 6.33 Å². The molecule has 0 aliphatic rings. The summed E-state index contributed by atoms with van der Waals surface area (Å²) in [6, 6.07) is 4.79. The third-order valence-corrected chi connectivity index (χ3v) is 2.88. The van der Waals surface area contributed by atoms with Crippen molar-refractivity contribution in [1.82, 2.24) is 20.1 Å². The Morgan fingerprint density at radius 1 is 1.53 bits per heavy atom. The number of hydrogen-bond acceptors (Lipinski definition) is 4. The van der Waals surface area contributed by atoms with Crippen LogP contribution in [0.1, 0.15) is 16.2 Å². The number of benzene rings is 1. The highest BCUT2D eigenvalue weighted by Crippen LogP contribution is 2.19. The molecule has 1 amide bonds. The van der Waals surface area contributed by atoms with Crippen molar-refractivity contribution in [2.45, 2.75) is 6.42 Å². The molecule has 7 heteroatoms. The van der Waals surface area contributed by atoms with Crippen LogP contribution in [0.5, 0.6) is 0 Å². The van der Waals surface area contributed by atoms with Crippen LogP contribution in [0.3, 0.4) is 0 Å². The van der Waals surface area contributed by atoms with Crippen LogP contribution in [-0.4, -0.2) is 27.2 Å². The number of halogens is 1. The number of nitrogens with one attached hydrogen (secondary N) is 1. The number of nitrogens with two attached hydrogens (primary N) is 1. The second-order valence-corrected chi connectivity index (χ2v) is 4.48. The lowest BCUT2D eigenvalue weighted by molar-refractivity contribution is 0.0954. The number of amides is 1. The van der Waals surface area contributed by atoms with Gasteiger partial charge in [0.2, 0.25) is 0 Å². The summed E-state index contributed by atoms with van der Waals surface area (Å²) in [7, 11) is 1.80. The first-order chi connectivity index (χ1) is 9.06. The summed E-state index contributed by atoms with van der Waals surface area (Å²) in [5.74, 6) is 0.498. The lowest BCUT2D eigenvalue weighted by Gasteiger charge is -2.05. The van der Waals surface area contributed by atoms with Crippen LogP contribution >= 0.6 is 11.6 Å². The first-order valence-corrected chi connectivity index (χ1v) is 6.12. The SMILES string of the molecule is Cn1cnc(CCNC(=O)c2ccc(Cl)c(N)c2)n1. The second kappa shape index (κ2) is 5.71. The van der Waals surface area contributed by atoms with Crippen LogP contribution in [0.15, 0.2) is 24.5 Å². The van der Waals surface area contributed by atoms with E-state index in [1.54, 1.807) is 36.3 Å². The normalized spacial score (nSPS) is 10.4. The number of rotatable bonds is 4. The number of aryl methyl sites for hydroxylation is 1. The monoisotopic (exact) mass is 279 g/mol. The van der Waals surface area contributed by atoms with Gasteiger partial charge < -0.3 is 11.1 Å². The zero-order valence-corrected chi connectivity index (χ0v) is 11.2. The molecule has 0 atom stereocenters. The molecule has 0 aliphatic carbocycles. The molecule has 1 aromatic carbocycles.